The first-order chi connectivity index (χ1) is 12.7. The number of rotatable bonds is 7. The Labute approximate surface area is 162 Å². The standard InChI is InChI=1S/C18H23ClN4O4/c1-18(2,3)27-17(24)21-11-7-6-10-20-14-12-8-4-5-9-13(12)22-16(19)15(14)23(25)26/h4-5,8-9H,6-7,10-11H2,1-3H3,(H,20,22)(H,21,24). The number of ether oxygens (including phenoxy) is 1. The number of nitrogens with zero attached hydrogens (tertiary/aromatic N) is 2. The van der Waals surface area contributed by atoms with Gasteiger partial charge in [-0.05, 0) is 39.7 Å². The van der Waals surface area contributed by atoms with Crippen LogP contribution >= 0.6 is 11.6 Å². The number of nitrogens with one attached hydrogen (secondary N) is 2. The number of anilines is 1. The molecule has 27 heavy (non-hydrogen) atoms. The van der Waals surface area contributed by atoms with Crippen LogP contribution in [0.4, 0.5) is 16.2 Å². The van der Waals surface area contributed by atoms with Crippen LogP contribution in [-0.4, -0.2) is 34.7 Å². The second-order valence-corrected chi connectivity index (χ2v) is 7.32. The quantitative estimate of drug-likeness (QED) is 0.309. The summed E-state index contributed by atoms with van der Waals surface area (Å²) in [6.07, 6.45) is 0.927. The van der Waals surface area contributed by atoms with Gasteiger partial charge in [0, 0.05) is 18.5 Å². The van der Waals surface area contributed by atoms with Crippen molar-refractivity contribution >= 4 is 40.0 Å². The number of hydrogen-bond acceptors (Lipinski definition) is 6. The molecule has 0 fully saturated rings. The zero-order chi connectivity index (χ0) is 20.0. The fourth-order valence-electron chi connectivity index (χ4n) is 2.49. The van der Waals surface area contributed by atoms with E-state index in [9.17, 15) is 14.9 Å². The molecule has 2 aromatic rings. The third-order valence-electron chi connectivity index (χ3n) is 3.58. The molecule has 0 aliphatic heterocycles. The number of nitro groups is 1. The predicted molar refractivity (Wildman–Crippen MR) is 105 cm³/mol. The highest BCUT2D eigenvalue weighted by Gasteiger charge is 2.23. The van der Waals surface area contributed by atoms with Gasteiger partial charge in [-0.3, -0.25) is 10.1 Å². The van der Waals surface area contributed by atoms with Crippen molar-refractivity contribution in [2.75, 3.05) is 18.4 Å². The first-order valence-corrected chi connectivity index (χ1v) is 9.00. The second kappa shape index (κ2) is 8.85. The Morgan fingerprint density at radius 2 is 1.93 bits per heavy atom. The Hall–Kier alpha value is -2.61. The number of aromatic nitrogens is 1. The molecule has 0 spiro atoms. The third-order valence-corrected chi connectivity index (χ3v) is 3.84. The number of para-hydroxylation sites is 1. The maximum atomic E-state index is 11.6. The van der Waals surface area contributed by atoms with E-state index < -0.39 is 16.6 Å². The molecule has 0 saturated carbocycles. The number of unbranched alkanes of at least 4 members (excludes halogenated alkanes) is 1. The smallest absolute Gasteiger partial charge is 0.407 e. The normalized spacial score (nSPS) is 11.3. The molecule has 2 rings (SSSR count). The van der Waals surface area contributed by atoms with Crippen LogP contribution in [0, 0.1) is 10.1 Å². The topological polar surface area (TPSA) is 106 Å². The van der Waals surface area contributed by atoms with E-state index in [4.69, 9.17) is 16.3 Å². The van der Waals surface area contributed by atoms with Crippen LogP contribution in [0.25, 0.3) is 10.9 Å². The highest BCUT2D eigenvalue weighted by atomic mass is 35.5. The largest absolute Gasteiger partial charge is 0.444 e. The molecule has 2 N–H and O–H groups in total. The van der Waals surface area contributed by atoms with Gasteiger partial charge in [-0.25, -0.2) is 9.78 Å². The summed E-state index contributed by atoms with van der Waals surface area (Å²) in [7, 11) is 0. The van der Waals surface area contributed by atoms with E-state index in [0.717, 1.165) is 0 Å². The first-order valence-electron chi connectivity index (χ1n) is 8.62. The van der Waals surface area contributed by atoms with Gasteiger partial charge < -0.3 is 15.4 Å². The maximum absolute atomic E-state index is 11.6. The minimum absolute atomic E-state index is 0.146. The Morgan fingerprint density at radius 1 is 1.26 bits per heavy atom. The van der Waals surface area contributed by atoms with Crippen molar-refractivity contribution in [1.82, 2.24) is 10.3 Å². The molecule has 0 bridgehead atoms. The molecule has 0 aliphatic carbocycles. The van der Waals surface area contributed by atoms with E-state index in [1.54, 1.807) is 45.0 Å². The molecule has 0 saturated heterocycles. The minimum atomic E-state index is -0.535. The van der Waals surface area contributed by atoms with Crippen LogP contribution in [0.15, 0.2) is 24.3 Å². The Bertz CT molecular complexity index is 836. The number of benzene rings is 1. The molecule has 1 aromatic carbocycles. The molecule has 1 aromatic heterocycles. The van der Waals surface area contributed by atoms with E-state index >= 15 is 0 Å². The van der Waals surface area contributed by atoms with E-state index in [1.165, 1.54) is 0 Å². The van der Waals surface area contributed by atoms with Gasteiger partial charge in [0.1, 0.15) is 11.3 Å². The number of carbonyl (C=O) groups excluding carboxylic acids is 1. The van der Waals surface area contributed by atoms with Crippen molar-refractivity contribution in [1.29, 1.82) is 0 Å². The van der Waals surface area contributed by atoms with Crippen molar-refractivity contribution in [2.24, 2.45) is 0 Å². The van der Waals surface area contributed by atoms with Gasteiger partial charge in [0.2, 0.25) is 5.15 Å². The van der Waals surface area contributed by atoms with Crippen molar-refractivity contribution in [2.45, 2.75) is 39.2 Å². The lowest BCUT2D eigenvalue weighted by Crippen LogP contribution is -2.33. The van der Waals surface area contributed by atoms with E-state index in [1.807, 2.05) is 0 Å². The average Bonchev–Trinajstić information content (AvgIpc) is 2.55. The van der Waals surface area contributed by atoms with Crippen molar-refractivity contribution < 1.29 is 14.5 Å². The summed E-state index contributed by atoms with van der Waals surface area (Å²) in [5, 5.41) is 17.7. The van der Waals surface area contributed by atoms with Gasteiger partial charge in [-0.15, -0.1) is 0 Å². The van der Waals surface area contributed by atoms with E-state index in [0.29, 0.717) is 42.5 Å². The number of carbonyl (C=O) groups is 1. The fourth-order valence-corrected chi connectivity index (χ4v) is 2.74. The van der Waals surface area contributed by atoms with Gasteiger partial charge in [0.15, 0.2) is 0 Å². The second-order valence-electron chi connectivity index (χ2n) is 6.96. The minimum Gasteiger partial charge on any atom is -0.444 e. The summed E-state index contributed by atoms with van der Waals surface area (Å²) in [6, 6.07) is 7.10. The number of alkyl carbamates (subject to hydrolysis) is 1. The molecule has 0 atom stereocenters. The fraction of sp³-hybridized carbons (Fsp3) is 0.444. The van der Waals surface area contributed by atoms with Crippen LogP contribution in [0.2, 0.25) is 5.15 Å². The summed E-state index contributed by atoms with van der Waals surface area (Å²) in [4.78, 5) is 26.5. The third kappa shape index (κ3) is 5.96. The molecule has 0 unspecified atom stereocenters. The maximum Gasteiger partial charge on any atom is 0.407 e. The molecule has 146 valence electrons. The molecule has 8 nitrogen and oxygen atoms in total. The summed E-state index contributed by atoms with van der Waals surface area (Å²) >= 11 is 6.00. The van der Waals surface area contributed by atoms with Crippen molar-refractivity contribution in [3.63, 3.8) is 0 Å². The number of halogens is 1. The molecule has 1 heterocycles. The lowest BCUT2D eigenvalue weighted by Gasteiger charge is -2.19. The molecular formula is C18H23ClN4O4. The van der Waals surface area contributed by atoms with Crippen molar-refractivity contribution in [3.05, 3.63) is 39.5 Å². The monoisotopic (exact) mass is 394 g/mol. The van der Waals surface area contributed by atoms with E-state index in [-0.39, 0.29) is 10.8 Å². The van der Waals surface area contributed by atoms with Crippen LogP contribution in [-0.2, 0) is 4.74 Å². The zero-order valence-electron chi connectivity index (χ0n) is 15.5. The SMILES string of the molecule is CC(C)(C)OC(=O)NCCCCNc1c([N+](=O)[O-])c(Cl)nc2ccccc12. The van der Waals surface area contributed by atoms with Crippen LogP contribution in [0.3, 0.4) is 0 Å². The van der Waals surface area contributed by atoms with Gasteiger partial charge in [0.05, 0.1) is 10.4 Å². The summed E-state index contributed by atoms with van der Waals surface area (Å²) in [6.45, 7) is 6.34. The summed E-state index contributed by atoms with van der Waals surface area (Å²) < 4.78 is 5.15. The molecule has 1 amide bonds. The molecular weight excluding hydrogens is 372 g/mol. The Balaban J connectivity index is 1.94. The average molecular weight is 395 g/mol. The predicted octanol–water partition coefficient (Wildman–Crippen LogP) is 4.51. The van der Waals surface area contributed by atoms with Gasteiger partial charge in [0.25, 0.3) is 0 Å². The highest BCUT2D eigenvalue weighted by molar-refractivity contribution is 6.33. The lowest BCUT2D eigenvalue weighted by atomic mass is 10.1. The number of amides is 1. The Kier molecular flexibility index (Phi) is 6.79. The number of hydrogen-bond donors (Lipinski definition) is 2. The summed E-state index contributed by atoms with van der Waals surface area (Å²) in [5.74, 6) is 0. The molecule has 0 aliphatic rings. The first kappa shape index (κ1) is 20.7. The van der Waals surface area contributed by atoms with Gasteiger partial charge in [-0.2, -0.15) is 0 Å². The molecule has 0 radical (unpaired) electrons. The highest BCUT2D eigenvalue weighted by Crippen LogP contribution is 2.37. The number of fused-ring (bicyclic) bond motifs is 1. The zero-order valence-corrected chi connectivity index (χ0v) is 16.3. The number of pyridine rings is 1. The van der Waals surface area contributed by atoms with Crippen molar-refractivity contribution in [3.8, 4) is 0 Å². The lowest BCUT2D eigenvalue weighted by molar-refractivity contribution is -0.384. The van der Waals surface area contributed by atoms with Crippen LogP contribution < -0.4 is 10.6 Å². The molecule has 9 heteroatoms. The van der Waals surface area contributed by atoms with Gasteiger partial charge >= 0.3 is 11.8 Å². The van der Waals surface area contributed by atoms with Gasteiger partial charge in [-0.1, -0.05) is 29.8 Å². The Morgan fingerprint density at radius 3 is 2.59 bits per heavy atom. The van der Waals surface area contributed by atoms with Crippen LogP contribution in [0.1, 0.15) is 33.6 Å². The summed E-state index contributed by atoms with van der Waals surface area (Å²) in [5.41, 5.74) is 0.173. The van der Waals surface area contributed by atoms with E-state index in [2.05, 4.69) is 15.6 Å². The van der Waals surface area contributed by atoms with Crippen LogP contribution in [0.5, 0.6) is 0 Å².